The fraction of sp³-hybridized carbons (Fsp3) is 0.300. The van der Waals surface area contributed by atoms with Crippen LogP contribution in [0.3, 0.4) is 0 Å². The predicted octanol–water partition coefficient (Wildman–Crippen LogP) is 2.61. The van der Waals surface area contributed by atoms with Crippen molar-refractivity contribution in [3.63, 3.8) is 0 Å². The molecule has 0 aliphatic carbocycles. The minimum Gasteiger partial charge on any atom is -0.454 e. The van der Waals surface area contributed by atoms with Gasteiger partial charge in [0.15, 0.2) is 5.76 Å². The van der Waals surface area contributed by atoms with Gasteiger partial charge in [0.1, 0.15) is 5.76 Å². The molecule has 0 atom stereocenters. The highest BCUT2D eigenvalue weighted by Crippen LogP contribution is 2.16. The van der Waals surface area contributed by atoms with E-state index in [4.69, 9.17) is 9.15 Å². The monoisotopic (exact) mass is 366 g/mol. The molecule has 3 heterocycles. The summed E-state index contributed by atoms with van der Waals surface area (Å²) in [5.74, 6) is 0.714. The average Bonchev–Trinajstić information content (AvgIpc) is 3.35. The standard InChI is InChI=1S/C20H22N4O3/c25-20(19-6-5-18(27-19)15-24-8-2-7-21-24)22-17-4-1-3-16(13-17)14-23-9-11-26-12-10-23/h1-8,13H,9-12,14-15H2,(H,22,25). The number of anilines is 1. The Kier molecular flexibility index (Phi) is 5.32. The number of carbonyl (C=O) groups excluding carboxylic acids is 1. The first-order valence-electron chi connectivity index (χ1n) is 9.03. The van der Waals surface area contributed by atoms with Crippen molar-refractivity contribution in [2.75, 3.05) is 31.6 Å². The molecule has 0 spiro atoms. The lowest BCUT2D eigenvalue weighted by Crippen LogP contribution is -2.35. The van der Waals surface area contributed by atoms with Gasteiger partial charge >= 0.3 is 0 Å². The third-order valence-electron chi connectivity index (χ3n) is 4.46. The lowest BCUT2D eigenvalue weighted by Gasteiger charge is -2.26. The molecular weight excluding hydrogens is 344 g/mol. The third kappa shape index (κ3) is 4.64. The zero-order valence-electron chi connectivity index (χ0n) is 15.0. The van der Waals surface area contributed by atoms with Gasteiger partial charge in [-0.15, -0.1) is 0 Å². The van der Waals surface area contributed by atoms with Gasteiger partial charge in [0.25, 0.3) is 5.91 Å². The van der Waals surface area contributed by atoms with Crippen molar-refractivity contribution in [1.82, 2.24) is 14.7 Å². The maximum Gasteiger partial charge on any atom is 0.291 e. The number of hydrogen-bond donors (Lipinski definition) is 1. The molecule has 1 saturated heterocycles. The second kappa shape index (κ2) is 8.20. The smallest absolute Gasteiger partial charge is 0.291 e. The Morgan fingerprint density at radius 1 is 1.11 bits per heavy atom. The van der Waals surface area contributed by atoms with Crippen LogP contribution in [0.2, 0.25) is 0 Å². The number of furan rings is 1. The molecule has 3 aromatic rings. The van der Waals surface area contributed by atoms with Crippen LogP contribution in [0.1, 0.15) is 21.9 Å². The fourth-order valence-electron chi connectivity index (χ4n) is 3.10. The molecule has 0 bridgehead atoms. The van der Waals surface area contributed by atoms with E-state index in [-0.39, 0.29) is 11.7 Å². The molecule has 4 rings (SSSR count). The minimum atomic E-state index is -0.259. The van der Waals surface area contributed by atoms with Gasteiger partial charge in [-0.1, -0.05) is 12.1 Å². The highest BCUT2D eigenvalue weighted by atomic mass is 16.5. The predicted molar refractivity (Wildman–Crippen MR) is 101 cm³/mol. The van der Waals surface area contributed by atoms with Crippen LogP contribution in [0.5, 0.6) is 0 Å². The summed E-state index contributed by atoms with van der Waals surface area (Å²) >= 11 is 0. The van der Waals surface area contributed by atoms with E-state index >= 15 is 0 Å². The molecule has 1 aliphatic rings. The van der Waals surface area contributed by atoms with E-state index in [9.17, 15) is 4.79 Å². The summed E-state index contributed by atoms with van der Waals surface area (Å²) in [5.41, 5.74) is 1.92. The summed E-state index contributed by atoms with van der Waals surface area (Å²) in [5, 5.41) is 7.04. The summed E-state index contributed by atoms with van der Waals surface area (Å²) in [7, 11) is 0. The van der Waals surface area contributed by atoms with Crippen molar-refractivity contribution in [1.29, 1.82) is 0 Å². The largest absolute Gasteiger partial charge is 0.454 e. The molecule has 1 amide bonds. The van der Waals surface area contributed by atoms with Crippen LogP contribution < -0.4 is 5.32 Å². The SMILES string of the molecule is O=C(Nc1cccc(CN2CCOCC2)c1)c1ccc(Cn2cccn2)o1. The number of nitrogens with one attached hydrogen (secondary N) is 1. The van der Waals surface area contributed by atoms with Crippen molar-refractivity contribution in [2.24, 2.45) is 0 Å². The molecule has 1 fully saturated rings. The molecule has 0 radical (unpaired) electrons. The molecule has 7 nitrogen and oxygen atoms in total. The van der Waals surface area contributed by atoms with Crippen LogP contribution in [0.15, 0.2) is 59.3 Å². The summed E-state index contributed by atoms with van der Waals surface area (Å²) < 4.78 is 12.8. The first-order chi connectivity index (χ1) is 13.3. The molecular formula is C20H22N4O3. The number of benzene rings is 1. The van der Waals surface area contributed by atoms with Crippen molar-refractivity contribution in [3.05, 3.63) is 71.9 Å². The molecule has 2 aromatic heterocycles. The van der Waals surface area contributed by atoms with Crippen molar-refractivity contribution >= 4 is 11.6 Å². The Balaban J connectivity index is 1.37. The van der Waals surface area contributed by atoms with Crippen LogP contribution >= 0.6 is 0 Å². The van der Waals surface area contributed by atoms with E-state index < -0.39 is 0 Å². The minimum absolute atomic E-state index is 0.259. The lowest BCUT2D eigenvalue weighted by atomic mass is 10.2. The van der Waals surface area contributed by atoms with Gasteiger partial charge in [-0.3, -0.25) is 14.4 Å². The molecule has 1 aromatic carbocycles. The number of morpholine rings is 1. The maximum absolute atomic E-state index is 12.5. The quantitative estimate of drug-likeness (QED) is 0.726. The number of hydrogen-bond acceptors (Lipinski definition) is 5. The van der Waals surface area contributed by atoms with Crippen molar-refractivity contribution < 1.29 is 13.9 Å². The zero-order chi connectivity index (χ0) is 18.5. The number of amides is 1. The first kappa shape index (κ1) is 17.5. The van der Waals surface area contributed by atoms with Crippen LogP contribution in [-0.4, -0.2) is 46.9 Å². The Hall–Kier alpha value is -2.90. The van der Waals surface area contributed by atoms with Gasteiger partial charge in [0.2, 0.25) is 0 Å². The molecule has 140 valence electrons. The van der Waals surface area contributed by atoms with Crippen molar-refractivity contribution in [2.45, 2.75) is 13.1 Å². The Morgan fingerprint density at radius 3 is 2.81 bits per heavy atom. The van der Waals surface area contributed by atoms with Gasteiger partial charge in [0.05, 0.1) is 19.8 Å². The van der Waals surface area contributed by atoms with Crippen LogP contribution in [0.4, 0.5) is 5.69 Å². The Bertz CT molecular complexity index is 882. The highest BCUT2D eigenvalue weighted by molar-refractivity contribution is 6.02. The highest BCUT2D eigenvalue weighted by Gasteiger charge is 2.14. The van der Waals surface area contributed by atoms with Gasteiger partial charge in [0, 0.05) is 37.7 Å². The van der Waals surface area contributed by atoms with Crippen molar-refractivity contribution in [3.8, 4) is 0 Å². The fourth-order valence-corrected chi connectivity index (χ4v) is 3.10. The normalized spacial score (nSPS) is 15.0. The zero-order valence-corrected chi connectivity index (χ0v) is 15.0. The molecule has 0 saturated carbocycles. The molecule has 1 N–H and O–H groups in total. The van der Waals surface area contributed by atoms with E-state index in [0.717, 1.165) is 44.1 Å². The maximum atomic E-state index is 12.5. The van der Waals surface area contributed by atoms with E-state index in [1.165, 1.54) is 0 Å². The summed E-state index contributed by atoms with van der Waals surface area (Å²) in [6.07, 6.45) is 3.56. The Labute approximate surface area is 157 Å². The lowest BCUT2D eigenvalue weighted by molar-refractivity contribution is 0.0342. The number of carbonyl (C=O) groups is 1. The van der Waals surface area contributed by atoms with E-state index in [2.05, 4.69) is 21.4 Å². The first-order valence-corrected chi connectivity index (χ1v) is 9.03. The van der Waals surface area contributed by atoms with E-state index in [0.29, 0.717) is 12.3 Å². The van der Waals surface area contributed by atoms with E-state index in [1.807, 2.05) is 30.5 Å². The number of nitrogens with zero attached hydrogens (tertiary/aromatic N) is 3. The Morgan fingerprint density at radius 2 is 2.00 bits per heavy atom. The summed E-state index contributed by atoms with van der Waals surface area (Å²) in [6, 6.07) is 13.2. The number of aromatic nitrogens is 2. The molecule has 0 unspecified atom stereocenters. The second-order valence-electron chi connectivity index (χ2n) is 6.51. The average molecular weight is 366 g/mol. The summed E-state index contributed by atoms with van der Waals surface area (Å²) in [6.45, 7) is 4.76. The second-order valence-corrected chi connectivity index (χ2v) is 6.51. The third-order valence-corrected chi connectivity index (χ3v) is 4.46. The van der Waals surface area contributed by atoms with Gasteiger partial charge in [-0.25, -0.2) is 0 Å². The van der Waals surface area contributed by atoms with Crippen LogP contribution in [0, 0.1) is 0 Å². The van der Waals surface area contributed by atoms with Gasteiger partial charge in [-0.05, 0) is 35.9 Å². The molecule has 7 heteroatoms. The summed E-state index contributed by atoms with van der Waals surface area (Å²) in [4.78, 5) is 14.8. The van der Waals surface area contributed by atoms with Crippen LogP contribution in [0.25, 0.3) is 0 Å². The number of ether oxygens (including phenoxy) is 1. The van der Waals surface area contributed by atoms with E-state index in [1.54, 1.807) is 23.0 Å². The van der Waals surface area contributed by atoms with Crippen LogP contribution in [-0.2, 0) is 17.8 Å². The topological polar surface area (TPSA) is 72.5 Å². The number of rotatable bonds is 6. The van der Waals surface area contributed by atoms with Gasteiger partial charge in [-0.2, -0.15) is 5.10 Å². The van der Waals surface area contributed by atoms with Gasteiger partial charge < -0.3 is 14.5 Å². The molecule has 27 heavy (non-hydrogen) atoms. The molecule has 1 aliphatic heterocycles.